The first kappa shape index (κ1) is 18.2. The number of halogens is 1. The van der Waals surface area contributed by atoms with Gasteiger partial charge in [-0.05, 0) is 25.1 Å². The molecule has 2 aromatic carbocycles. The fourth-order valence-electron chi connectivity index (χ4n) is 2.26. The minimum atomic E-state index is -0.685. The maximum Gasteiger partial charge on any atom is 0.266 e. The van der Waals surface area contributed by atoms with Gasteiger partial charge in [-0.1, -0.05) is 35.9 Å². The zero-order valence-corrected chi connectivity index (χ0v) is 15.8. The SMILES string of the molecule is COc1cccc(OC(C)C(=O)Nc2nc(-c3ccccc3Cl)cs2)c1. The predicted octanol–water partition coefficient (Wildman–Crippen LogP) is 4.88. The van der Waals surface area contributed by atoms with Gasteiger partial charge in [-0.3, -0.25) is 10.1 Å². The molecule has 0 spiro atoms. The first-order chi connectivity index (χ1) is 12.6. The highest BCUT2D eigenvalue weighted by Gasteiger charge is 2.17. The van der Waals surface area contributed by atoms with Gasteiger partial charge in [0.05, 0.1) is 12.8 Å². The normalized spacial score (nSPS) is 11.7. The van der Waals surface area contributed by atoms with Crippen molar-refractivity contribution in [2.24, 2.45) is 0 Å². The van der Waals surface area contributed by atoms with Gasteiger partial charge in [-0.25, -0.2) is 4.98 Å². The van der Waals surface area contributed by atoms with Crippen LogP contribution >= 0.6 is 22.9 Å². The lowest BCUT2D eigenvalue weighted by atomic mass is 10.2. The van der Waals surface area contributed by atoms with E-state index in [-0.39, 0.29) is 5.91 Å². The van der Waals surface area contributed by atoms with E-state index in [0.29, 0.717) is 21.7 Å². The van der Waals surface area contributed by atoms with Gasteiger partial charge in [0.15, 0.2) is 11.2 Å². The molecule has 0 aliphatic rings. The van der Waals surface area contributed by atoms with Crippen LogP contribution in [-0.4, -0.2) is 24.1 Å². The van der Waals surface area contributed by atoms with Crippen LogP contribution in [0.5, 0.6) is 11.5 Å². The van der Waals surface area contributed by atoms with Gasteiger partial charge in [-0.2, -0.15) is 0 Å². The molecule has 0 saturated carbocycles. The second-order valence-corrected chi connectivity index (χ2v) is 6.71. The summed E-state index contributed by atoms with van der Waals surface area (Å²) in [5.74, 6) is 0.940. The van der Waals surface area contributed by atoms with E-state index in [4.69, 9.17) is 21.1 Å². The van der Waals surface area contributed by atoms with Gasteiger partial charge in [0.1, 0.15) is 11.5 Å². The van der Waals surface area contributed by atoms with Gasteiger partial charge in [0, 0.05) is 22.0 Å². The summed E-state index contributed by atoms with van der Waals surface area (Å²) in [7, 11) is 1.58. The van der Waals surface area contributed by atoms with E-state index in [1.165, 1.54) is 11.3 Å². The van der Waals surface area contributed by atoms with Gasteiger partial charge < -0.3 is 9.47 Å². The topological polar surface area (TPSA) is 60.5 Å². The van der Waals surface area contributed by atoms with Crippen molar-refractivity contribution < 1.29 is 14.3 Å². The number of ether oxygens (including phenoxy) is 2. The summed E-state index contributed by atoms with van der Waals surface area (Å²) in [5.41, 5.74) is 1.55. The average molecular weight is 389 g/mol. The molecule has 1 amide bonds. The third-order valence-electron chi connectivity index (χ3n) is 3.61. The van der Waals surface area contributed by atoms with Gasteiger partial charge in [0.2, 0.25) is 0 Å². The van der Waals surface area contributed by atoms with Gasteiger partial charge in [0.25, 0.3) is 5.91 Å². The number of aromatic nitrogens is 1. The zero-order chi connectivity index (χ0) is 18.5. The number of rotatable bonds is 6. The van der Waals surface area contributed by atoms with Crippen molar-refractivity contribution >= 4 is 34.0 Å². The van der Waals surface area contributed by atoms with Gasteiger partial charge >= 0.3 is 0 Å². The summed E-state index contributed by atoms with van der Waals surface area (Å²) in [6.45, 7) is 1.68. The molecular weight excluding hydrogens is 372 g/mol. The number of anilines is 1. The number of benzene rings is 2. The molecule has 3 aromatic rings. The van der Waals surface area contributed by atoms with E-state index in [0.717, 1.165) is 11.3 Å². The average Bonchev–Trinajstić information content (AvgIpc) is 3.10. The Balaban J connectivity index is 1.65. The molecule has 26 heavy (non-hydrogen) atoms. The largest absolute Gasteiger partial charge is 0.497 e. The minimum Gasteiger partial charge on any atom is -0.497 e. The molecule has 1 unspecified atom stereocenters. The molecule has 0 bridgehead atoms. The quantitative estimate of drug-likeness (QED) is 0.653. The van der Waals surface area contributed by atoms with E-state index in [2.05, 4.69) is 10.3 Å². The molecule has 1 heterocycles. The Hall–Kier alpha value is -2.57. The Bertz CT molecular complexity index is 913. The van der Waals surface area contributed by atoms with Crippen LogP contribution in [-0.2, 0) is 4.79 Å². The number of thiazole rings is 1. The highest BCUT2D eigenvalue weighted by atomic mass is 35.5. The summed E-state index contributed by atoms with van der Waals surface area (Å²) in [5, 5.41) is 5.73. The van der Waals surface area contributed by atoms with Crippen molar-refractivity contribution in [3.05, 3.63) is 58.9 Å². The molecular formula is C19H17ClN2O3S. The minimum absolute atomic E-state index is 0.284. The zero-order valence-electron chi connectivity index (χ0n) is 14.2. The Labute approximate surface area is 160 Å². The third kappa shape index (κ3) is 4.33. The van der Waals surface area contributed by atoms with Crippen molar-refractivity contribution in [2.45, 2.75) is 13.0 Å². The van der Waals surface area contributed by atoms with E-state index in [9.17, 15) is 4.79 Å². The first-order valence-corrected chi connectivity index (χ1v) is 9.14. The van der Waals surface area contributed by atoms with Crippen molar-refractivity contribution in [3.8, 4) is 22.8 Å². The Morgan fingerprint density at radius 2 is 1.96 bits per heavy atom. The third-order valence-corrected chi connectivity index (χ3v) is 4.69. The van der Waals surface area contributed by atoms with Crippen molar-refractivity contribution in [1.29, 1.82) is 0 Å². The molecule has 0 radical (unpaired) electrons. The summed E-state index contributed by atoms with van der Waals surface area (Å²) in [4.78, 5) is 16.8. The number of methoxy groups -OCH3 is 1. The maximum atomic E-state index is 12.4. The van der Waals surface area contributed by atoms with Gasteiger partial charge in [-0.15, -0.1) is 11.3 Å². The fraction of sp³-hybridized carbons (Fsp3) is 0.158. The number of nitrogens with one attached hydrogen (secondary N) is 1. The van der Waals surface area contributed by atoms with Crippen LogP contribution in [0, 0.1) is 0 Å². The number of carbonyl (C=O) groups excluding carboxylic acids is 1. The van der Waals surface area contributed by atoms with E-state index < -0.39 is 6.10 Å². The lowest BCUT2D eigenvalue weighted by Gasteiger charge is -2.14. The Kier molecular flexibility index (Phi) is 5.75. The molecule has 0 fully saturated rings. The number of hydrogen-bond donors (Lipinski definition) is 1. The maximum absolute atomic E-state index is 12.4. The standard InChI is InChI=1S/C19H17ClN2O3S/c1-12(25-14-7-5-6-13(10-14)24-2)18(23)22-19-21-17(11-26-19)15-8-3-4-9-16(15)20/h3-12H,1-2H3,(H,21,22,23). The number of carbonyl (C=O) groups is 1. The lowest BCUT2D eigenvalue weighted by molar-refractivity contribution is -0.122. The predicted molar refractivity (Wildman–Crippen MR) is 104 cm³/mol. The summed E-state index contributed by atoms with van der Waals surface area (Å²) < 4.78 is 10.8. The van der Waals surface area contributed by atoms with Crippen molar-refractivity contribution in [2.75, 3.05) is 12.4 Å². The molecule has 5 nitrogen and oxygen atoms in total. The van der Waals surface area contributed by atoms with Crippen LogP contribution in [0.4, 0.5) is 5.13 Å². The molecule has 0 aliphatic heterocycles. The monoisotopic (exact) mass is 388 g/mol. The van der Waals surface area contributed by atoms with Crippen LogP contribution in [0.2, 0.25) is 5.02 Å². The Morgan fingerprint density at radius 3 is 2.73 bits per heavy atom. The number of amides is 1. The van der Waals surface area contributed by atoms with E-state index in [1.807, 2.05) is 29.6 Å². The van der Waals surface area contributed by atoms with Crippen LogP contribution in [0.25, 0.3) is 11.3 Å². The van der Waals surface area contributed by atoms with Crippen LogP contribution < -0.4 is 14.8 Å². The molecule has 0 saturated heterocycles. The van der Waals surface area contributed by atoms with E-state index >= 15 is 0 Å². The molecule has 1 N–H and O–H groups in total. The summed E-state index contributed by atoms with van der Waals surface area (Å²) in [6.07, 6.45) is -0.685. The van der Waals surface area contributed by atoms with Crippen molar-refractivity contribution in [1.82, 2.24) is 4.98 Å². The van der Waals surface area contributed by atoms with Crippen LogP contribution in [0.3, 0.4) is 0 Å². The summed E-state index contributed by atoms with van der Waals surface area (Å²) in [6, 6.07) is 14.5. The molecule has 1 aromatic heterocycles. The van der Waals surface area contributed by atoms with Crippen LogP contribution in [0.1, 0.15) is 6.92 Å². The molecule has 3 rings (SSSR count). The number of nitrogens with zero attached hydrogens (tertiary/aromatic N) is 1. The highest BCUT2D eigenvalue weighted by molar-refractivity contribution is 7.14. The molecule has 134 valence electrons. The second kappa shape index (κ2) is 8.21. The number of hydrogen-bond acceptors (Lipinski definition) is 5. The molecule has 0 aliphatic carbocycles. The Morgan fingerprint density at radius 1 is 1.19 bits per heavy atom. The smallest absolute Gasteiger partial charge is 0.266 e. The first-order valence-electron chi connectivity index (χ1n) is 7.89. The molecule has 7 heteroatoms. The molecule has 1 atom stereocenters. The summed E-state index contributed by atoms with van der Waals surface area (Å²) >= 11 is 7.52. The lowest BCUT2D eigenvalue weighted by Crippen LogP contribution is -2.30. The van der Waals surface area contributed by atoms with Crippen molar-refractivity contribution in [3.63, 3.8) is 0 Å². The van der Waals surface area contributed by atoms with E-state index in [1.54, 1.807) is 38.3 Å². The van der Waals surface area contributed by atoms with Crippen LogP contribution in [0.15, 0.2) is 53.9 Å². The highest BCUT2D eigenvalue weighted by Crippen LogP contribution is 2.30. The fourth-order valence-corrected chi connectivity index (χ4v) is 3.21. The second-order valence-electron chi connectivity index (χ2n) is 5.45.